The van der Waals surface area contributed by atoms with Crippen molar-refractivity contribution in [3.63, 3.8) is 0 Å². The summed E-state index contributed by atoms with van der Waals surface area (Å²) in [5.41, 5.74) is 1.60. The van der Waals surface area contributed by atoms with Gasteiger partial charge in [-0.3, -0.25) is 4.79 Å². The molecule has 92 valence electrons. The van der Waals surface area contributed by atoms with Gasteiger partial charge in [-0.05, 0) is 35.5 Å². The zero-order valence-corrected chi connectivity index (χ0v) is 10.5. The van der Waals surface area contributed by atoms with Gasteiger partial charge in [0.2, 0.25) is 0 Å². The predicted octanol–water partition coefficient (Wildman–Crippen LogP) is 2.68. The van der Waals surface area contributed by atoms with Gasteiger partial charge >= 0.3 is 0 Å². The topological polar surface area (TPSA) is 52.1 Å². The summed E-state index contributed by atoms with van der Waals surface area (Å²) >= 11 is 1.21. The van der Waals surface area contributed by atoms with Crippen molar-refractivity contribution in [1.82, 2.24) is 9.59 Å². The van der Waals surface area contributed by atoms with E-state index in [4.69, 9.17) is 4.74 Å². The van der Waals surface area contributed by atoms with E-state index in [2.05, 4.69) is 9.59 Å². The van der Waals surface area contributed by atoms with Crippen LogP contribution in [0.1, 0.15) is 34.8 Å². The maximum absolute atomic E-state index is 12.0. The number of aromatic nitrogens is 2. The molecule has 0 saturated heterocycles. The van der Waals surface area contributed by atoms with Crippen LogP contribution in [0.2, 0.25) is 0 Å². The van der Waals surface area contributed by atoms with E-state index >= 15 is 0 Å². The number of benzene rings is 1. The highest BCUT2D eigenvalue weighted by Gasteiger charge is 2.24. The minimum atomic E-state index is 0.0606. The molecule has 0 saturated carbocycles. The van der Waals surface area contributed by atoms with E-state index in [9.17, 15) is 4.79 Å². The van der Waals surface area contributed by atoms with Crippen molar-refractivity contribution >= 4 is 17.3 Å². The van der Waals surface area contributed by atoms with Gasteiger partial charge in [0.05, 0.1) is 6.61 Å². The van der Waals surface area contributed by atoms with Gasteiger partial charge in [-0.15, -0.1) is 5.10 Å². The van der Waals surface area contributed by atoms with Crippen LogP contribution in [0.25, 0.3) is 0 Å². The molecular formula is C13H12N2O2S. The molecule has 0 aliphatic carbocycles. The van der Waals surface area contributed by atoms with Gasteiger partial charge in [0.25, 0.3) is 0 Å². The SMILES string of the molecule is O=C(CC1CCOc2ccccc21)c1csnn1. The highest BCUT2D eigenvalue weighted by molar-refractivity contribution is 7.03. The summed E-state index contributed by atoms with van der Waals surface area (Å²) in [6.45, 7) is 0.671. The maximum Gasteiger partial charge on any atom is 0.184 e. The minimum absolute atomic E-state index is 0.0606. The van der Waals surface area contributed by atoms with Crippen molar-refractivity contribution in [3.8, 4) is 5.75 Å². The summed E-state index contributed by atoms with van der Waals surface area (Å²) in [7, 11) is 0. The van der Waals surface area contributed by atoms with Crippen LogP contribution in [0.4, 0.5) is 0 Å². The number of carbonyl (C=O) groups is 1. The van der Waals surface area contributed by atoms with Gasteiger partial charge in [-0.25, -0.2) is 0 Å². The van der Waals surface area contributed by atoms with Crippen molar-refractivity contribution in [2.45, 2.75) is 18.8 Å². The monoisotopic (exact) mass is 260 g/mol. The highest BCUT2D eigenvalue weighted by Crippen LogP contribution is 2.35. The Labute approximate surface area is 109 Å². The third kappa shape index (κ3) is 2.13. The predicted molar refractivity (Wildman–Crippen MR) is 68.2 cm³/mol. The van der Waals surface area contributed by atoms with Crippen LogP contribution in [0.3, 0.4) is 0 Å². The molecule has 1 aromatic carbocycles. The molecule has 5 heteroatoms. The number of nitrogens with zero attached hydrogens (tertiary/aromatic N) is 2. The van der Waals surface area contributed by atoms with Crippen molar-refractivity contribution in [2.24, 2.45) is 0 Å². The van der Waals surface area contributed by atoms with Gasteiger partial charge in [0.1, 0.15) is 11.4 Å². The van der Waals surface area contributed by atoms with Crippen molar-refractivity contribution in [2.75, 3.05) is 6.61 Å². The first-order valence-corrected chi connectivity index (χ1v) is 6.70. The third-order valence-electron chi connectivity index (χ3n) is 3.16. The number of ether oxygens (including phenoxy) is 1. The van der Waals surface area contributed by atoms with Gasteiger partial charge in [0.15, 0.2) is 5.78 Å². The molecule has 1 aliphatic rings. The molecule has 1 atom stereocenters. The normalized spacial score (nSPS) is 17.9. The van der Waals surface area contributed by atoms with Crippen molar-refractivity contribution < 1.29 is 9.53 Å². The van der Waals surface area contributed by atoms with E-state index in [1.165, 1.54) is 11.5 Å². The number of rotatable bonds is 3. The number of para-hydroxylation sites is 1. The van der Waals surface area contributed by atoms with Crippen molar-refractivity contribution in [1.29, 1.82) is 0 Å². The van der Waals surface area contributed by atoms with Gasteiger partial charge < -0.3 is 4.74 Å². The van der Waals surface area contributed by atoms with Crippen LogP contribution in [0.15, 0.2) is 29.6 Å². The minimum Gasteiger partial charge on any atom is -0.493 e. The number of Topliss-reactive ketones (excluding diaryl/α,β-unsaturated/α-hetero) is 1. The Morgan fingerprint density at radius 3 is 3.17 bits per heavy atom. The molecule has 0 radical (unpaired) electrons. The van der Waals surface area contributed by atoms with Crippen LogP contribution < -0.4 is 4.74 Å². The van der Waals surface area contributed by atoms with Crippen LogP contribution >= 0.6 is 11.5 Å². The fourth-order valence-electron chi connectivity index (χ4n) is 2.24. The smallest absolute Gasteiger partial charge is 0.184 e. The number of hydrogen-bond acceptors (Lipinski definition) is 5. The Hall–Kier alpha value is -1.75. The lowest BCUT2D eigenvalue weighted by molar-refractivity contribution is 0.0961. The van der Waals surface area contributed by atoms with E-state index < -0.39 is 0 Å². The molecule has 0 N–H and O–H groups in total. The molecule has 1 aromatic heterocycles. The van der Waals surface area contributed by atoms with Gasteiger partial charge in [-0.1, -0.05) is 22.7 Å². The lowest BCUT2D eigenvalue weighted by atomic mass is 9.88. The molecule has 18 heavy (non-hydrogen) atoms. The molecule has 0 spiro atoms. The standard InChI is InChI=1S/C13H12N2O2S/c16-12(11-8-18-15-14-11)7-9-5-6-17-13-4-2-1-3-10(9)13/h1-4,8-9H,5-7H2. The largest absolute Gasteiger partial charge is 0.493 e. The van der Waals surface area contributed by atoms with E-state index in [0.717, 1.165) is 17.7 Å². The second kappa shape index (κ2) is 4.86. The number of fused-ring (bicyclic) bond motifs is 1. The Kier molecular flexibility index (Phi) is 3.06. The quantitative estimate of drug-likeness (QED) is 0.796. The zero-order chi connectivity index (χ0) is 12.4. The summed E-state index contributed by atoms with van der Waals surface area (Å²) in [4.78, 5) is 12.0. The third-order valence-corrected chi connectivity index (χ3v) is 3.66. The summed E-state index contributed by atoms with van der Waals surface area (Å²) in [5.74, 6) is 1.19. The van der Waals surface area contributed by atoms with E-state index in [1.807, 2.05) is 24.3 Å². The average Bonchev–Trinajstić information content (AvgIpc) is 2.93. The number of ketones is 1. The fraction of sp³-hybridized carbons (Fsp3) is 0.308. The highest BCUT2D eigenvalue weighted by atomic mass is 32.1. The molecule has 1 unspecified atom stereocenters. The summed E-state index contributed by atoms with van der Waals surface area (Å²) < 4.78 is 9.32. The van der Waals surface area contributed by atoms with E-state index in [-0.39, 0.29) is 11.7 Å². The van der Waals surface area contributed by atoms with Crippen LogP contribution in [-0.4, -0.2) is 22.0 Å². The van der Waals surface area contributed by atoms with E-state index in [0.29, 0.717) is 18.7 Å². The molecule has 2 aromatic rings. The summed E-state index contributed by atoms with van der Waals surface area (Å²) in [5, 5.41) is 5.53. The second-order valence-corrected chi connectivity index (χ2v) is 4.90. The molecule has 0 fully saturated rings. The first-order chi connectivity index (χ1) is 8.84. The Bertz CT molecular complexity index is 554. The number of hydrogen-bond donors (Lipinski definition) is 0. The Balaban J connectivity index is 1.80. The van der Waals surface area contributed by atoms with Crippen LogP contribution in [0, 0.1) is 0 Å². The lowest BCUT2D eigenvalue weighted by Crippen LogP contribution is -2.17. The maximum atomic E-state index is 12.0. The molecule has 2 heterocycles. The van der Waals surface area contributed by atoms with Crippen molar-refractivity contribution in [3.05, 3.63) is 40.9 Å². The molecule has 0 amide bonds. The number of carbonyl (C=O) groups excluding carboxylic acids is 1. The first-order valence-electron chi connectivity index (χ1n) is 5.86. The molecule has 4 nitrogen and oxygen atoms in total. The molecule has 1 aliphatic heterocycles. The Morgan fingerprint density at radius 2 is 2.33 bits per heavy atom. The van der Waals surface area contributed by atoms with Crippen LogP contribution in [0.5, 0.6) is 5.75 Å². The average molecular weight is 260 g/mol. The zero-order valence-electron chi connectivity index (χ0n) is 9.70. The molecule has 3 rings (SSSR count). The van der Waals surface area contributed by atoms with Crippen LogP contribution in [-0.2, 0) is 0 Å². The summed E-state index contributed by atoms with van der Waals surface area (Å²) in [6.07, 6.45) is 1.35. The Morgan fingerprint density at radius 1 is 1.44 bits per heavy atom. The van der Waals surface area contributed by atoms with E-state index in [1.54, 1.807) is 5.38 Å². The van der Waals surface area contributed by atoms with Gasteiger partial charge in [-0.2, -0.15) is 0 Å². The summed E-state index contributed by atoms with van der Waals surface area (Å²) in [6, 6.07) is 7.92. The molecule has 0 bridgehead atoms. The molecular weight excluding hydrogens is 248 g/mol. The first kappa shape index (κ1) is 11.3. The second-order valence-electron chi connectivity index (χ2n) is 4.29. The van der Waals surface area contributed by atoms with Gasteiger partial charge in [0, 0.05) is 11.8 Å². The fourth-order valence-corrected chi connectivity index (χ4v) is 2.70. The lowest BCUT2D eigenvalue weighted by Gasteiger charge is -2.25.